The molecule has 4 nitrogen and oxygen atoms in total. The van der Waals surface area contributed by atoms with Gasteiger partial charge in [-0.2, -0.15) is 5.26 Å². The van der Waals surface area contributed by atoms with E-state index in [4.69, 9.17) is 11.6 Å². The minimum atomic E-state index is -0.671. The van der Waals surface area contributed by atoms with Gasteiger partial charge in [0.05, 0.1) is 23.3 Å². The van der Waals surface area contributed by atoms with Crippen LogP contribution in [0.5, 0.6) is 0 Å². The van der Waals surface area contributed by atoms with Crippen LogP contribution in [0, 0.1) is 18.3 Å². The second-order valence-electron chi connectivity index (χ2n) is 5.29. The number of carbonyl (C=O) groups excluding carboxylic acids is 1. The monoisotopic (exact) mass is 291 g/mol. The number of aryl methyl sites for hydroxylation is 1. The summed E-state index contributed by atoms with van der Waals surface area (Å²) in [4.78, 5) is 11.9. The Morgan fingerprint density at radius 2 is 2.15 bits per heavy atom. The maximum absolute atomic E-state index is 11.9. The normalized spacial score (nSPS) is 16.4. The first-order valence-corrected chi connectivity index (χ1v) is 7.15. The fourth-order valence-electron chi connectivity index (χ4n) is 2.49. The standard InChI is InChI=1S/C15H18ClN3O/c1-11-4-5-13(12(16)8-11)18-9-14(20)19-15(10-17)6-2-3-7-15/h4-5,8,18H,2-3,6-7,9H2,1H3,(H,19,20). The van der Waals surface area contributed by atoms with E-state index in [1.807, 2.05) is 25.1 Å². The quantitative estimate of drug-likeness (QED) is 0.896. The fraction of sp³-hybridized carbons (Fsp3) is 0.467. The molecule has 5 heteroatoms. The second kappa shape index (κ2) is 6.15. The summed E-state index contributed by atoms with van der Waals surface area (Å²) in [5.74, 6) is -0.176. The van der Waals surface area contributed by atoms with E-state index in [1.54, 1.807) is 0 Å². The summed E-state index contributed by atoms with van der Waals surface area (Å²) < 4.78 is 0. The van der Waals surface area contributed by atoms with Crippen LogP contribution in [0.4, 0.5) is 5.69 Å². The number of anilines is 1. The number of nitrogens with zero attached hydrogens (tertiary/aromatic N) is 1. The maximum atomic E-state index is 11.9. The number of hydrogen-bond donors (Lipinski definition) is 2. The van der Waals surface area contributed by atoms with E-state index in [0.717, 1.165) is 36.9 Å². The van der Waals surface area contributed by atoms with Crippen molar-refractivity contribution in [2.24, 2.45) is 0 Å². The lowest BCUT2D eigenvalue weighted by Gasteiger charge is -2.22. The maximum Gasteiger partial charge on any atom is 0.240 e. The number of amides is 1. The molecule has 0 saturated heterocycles. The number of rotatable bonds is 4. The van der Waals surface area contributed by atoms with Gasteiger partial charge >= 0.3 is 0 Å². The van der Waals surface area contributed by atoms with E-state index in [2.05, 4.69) is 16.7 Å². The van der Waals surface area contributed by atoms with Crippen molar-refractivity contribution in [3.05, 3.63) is 28.8 Å². The summed E-state index contributed by atoms with van der Waals surface area (Å²) in [6.45, 7) is 2.07. The molecule has 1 aromatic carbocycles. The predicted molar refractivity (Wildman–Crippen MR) is 79.6 cm³/mol. The van der Waals surface area contributed by atoms with E-state index in [-0.39, 0.29) is 12.5 Å². The summed E-state index contributed by atoms with van der Waals surface area (Å²) in [5, 5.41) is 15.6. The lowest BCUT2D eigenvalue weighted by atomic mass is 10.00. The Morgan fingerprint density at radius 1 is 1.45 bits per heavy atom. The highest BCUT2D eigenvalue weighted by molar-refractivity contribution is 6.33. The highest BCUT2D eigenvalue weighted by atomic mass is 35.5. The SMILES string of the molecule is Cc1ccc(NCC(=O)NC2(C#N)CCCC2)c(Cl)c1. The first kappa shape index (κ1) is 14.7. The molecule has 0 aliphatic heterocycles. The molecule has 1 aliphatic rings. The van der Waals surface area contributed by atoms with Crippen LogP contribution in [0.25, 0.3) is 0 Å². The van der Waals surface area contributed by atoms with Gasteiger partial charge in [0, 0.05) is 0 Å². The molecule has 20 heavy (non-hydrogen) atoms. The highest BCUT2D eigenvalue weighted by Gasteiger charge is 2.35. The third kappa shape index (κ3) is 3.43. The molecule has 0 spiro atoms. The van der Waals surface area contributed by atoms with E-state index in [9.17, 15) is 10.1 Å². The first-order valence-electron chi connectivity index (χ1n) is 6.77. The van der Waals surface area contributed by atoms with Crippen molar-refractivity contribution in [2.45, 2.75) is 38.1 Å². The van der Waals surface area contributed by atoms with Gasteiger partial charge in [0.15, 0.2) is 0 Å². The molecule has 0 atom stereocenters. The van der Waals surface area contributed by atoms with Crippen molar-refractivity contribution in [3.63, 3.8) is 0 Å². The number of benzene rings is 1. The molecule has 1 aliphatic carbocycles. The topological polar surface area (TPSA) is 64.9 Å². The van der Waals surface area contributed by atoms with Gasteiger partial charge in [-0.3, -0.25) is 4.79 Å². The zero-order valence-electron chi connectivity index (χ0n) is 11.5. The third-order valence-electron chi connectivity index (χ3n) is 3.61. The van der Waals surface area contributed by atoms with Crippen LogP contribution in [-0.2, 0) is 4.79 Å². The summed E-state index contributed by atoms with van der Waals surface area (Å²) in [6, 6.07) is 7.86. The molecule has 0 radical (unpaired) electrons. The van der Waals surface area contributed by atoms with Crippen molar-refractivity contribution in [1.82, 2.24) is 5.32 Å². The van der Waals surface area contributed by atoms with Gasteiger partial charge in [0.1, 0.15) is 5.54 Å². The van der Waals surface area contributed by atoms with Gasteiger partial charge in [-0.25, -0.2) is 0 Å². The molecule has 1 fully saturated rings. The van der Waals surface area contributed by atoms with Gasteiger partial charge in [0.2, 0.25) is 5.91 Å². The van der Waals surface area contributed by atoms with Gasteiger partial charge in [0.25, 0.3) is 0 Å². The number of hydrogen-bond acceptors (Lipinski definition) is 3. The van der Waals surface area contributed by atoms with Crippen molar-refractivity contribution < 1.29 is 4.79 Å². The van der Waals surface area contributed by atoms with Gasteiger partial charge < -0.3 is 10.6 Å². The molecule has 2 rings (SSSR count). The zero-order chi connectivity index (χ0) is 14.6. The molecule has 0 aromatic heterocycles. The molecule has 1 saturated carbocycles. The number of nitriles is 1. The minimum Gasteiger partial charge on any atom is -0.375 e. The smallest absolute Gasteiger partial charge is 0.240 e. The summed E-state index contributed by atoms with van der Waals surface area (Å²) in [5.41, 5.74) is 1.12. The van der Waals surface area contributed by atoms with Crippen LogP contribution < -0.4 is 10.6 Å². The van der Waals surface area contributed by atoms with Crippen molar-refractivity contribution in [2.75, 3.05) is 11.9 Å². The van der Waals surface area contributed by atoms with Crippen LogP contribution in [0.1, 0.15) is 31.2 Å². The van der Waals surface area contributed by atoms with E-state index in [0.29, 0.717) is 5.02 Å². The van der Waals surface area contributed by atoms with Crippen LogP contribution in [0.15, 0.2) is 18.2 Å². The van der Waals surface area contributed by atoms with Crippen LogP contribution in [0.3, 0.4) is 0 Å². The largest absolute Gasteiger partial charge is 0.375 e. The summed E-state index contributed by atoms with van der Waals surface area (Å²) in [6.07, 6.45) is 3.46. The van der Waals surface area contributed by atoms with Crippen LogP contribution >= 0.6 is 11.6 Å². The van der Waals surface area contributed by atoms with E-state index >= 15 is 0 Å². The second-order valence-corrected chi connectivity index (χ2v) is 5.69. The van der Waals surface area contributed by atoms with E-state index in [1.165, 1.54) is 0 Å². The number of nitrogens with one attached hydrogen (secondary N) is 2. The van der Waals surface area contributed by atoms with Gasteiger partial charge in [-0.05, 0) is 50.3 Å². The third-order valence-corrected chi connectivity index (χ3v) is 3.93. The molecule has 0 heterocycles. The van der Waals surface area contributed by atoms with Gasteiger partial charge in [-0.15, -0.1) is 0 Å². The Balaban J connectivity index is 1.91. The predicted octanol–water partition coefficient (Wildman–Crippen LogP) is 3.01. The van der Waals surface area contributed by atoms with Gasteiger partial charge in [-0.1, -0.05) is 17.7 Å². The molecular weight excluding hydrogens is 274 g/mol. The highest BCUT2D eigenvalue weighted by Crippen LogP contribution is 2.28. The van der Waals surface area contributed by atoms with Crippen molar-refractivity contribution in [3.8, 4) is 6.07 Å². The Hall–Kier alpha value is -1.73. The molecule has 0 bridgehead atoms. The molecular formula is C15H18ClN3O. The Kier molecular flexibility index (Phi) is 4.51. The fourth-order valence-corrected chi connectivity index (χ4v) is 2.80. The Bertz CT molecular complexity index is 545. The first-order chi connectivity index (χ1) is 9.54. The lowest BCUT2D eigenvalue weighted by Crippen LogP contribution is -2.47. The van der Waals surface area contributed by atoms with Crippen molar-refractivity contribution >= 4 is 23.2 Å². The molecule has 1 amide bonds. The molecule has 0 unspecified atom stereocenters. The summed E-state index contributed by atoms with van der Waals surface area (Å²) in [7, 11) is 0. The van der Waals surface area contributed by atoms with Crippen molar-refractivity contribution in [1.29, 1.82) is 5.26 Å². The van der Waals surface area contributed by atoms with Crippen LogP contribution in [0.2, 0.25) is 5.02 Å². The molecule has 1 aromatic rings. The lowest BCUT2D eigenvalue weighted by molar-refractivity contribution is -0.120. The Labute approximate surface area is 124 Å². The number of halogens is 1. The molecule has 2 N–H and O–H groups in total. The average Bonchev–Trinajstić information content (AvgIpc) is 2.87. The zero-order valence-corrected chi connectivity index (χ0v) is 12.3. The van der Waals surface area contributed by atoms with E-state index < -0.39 is 5.54 Å². The van der Waals surface area contributed by atoms with Crippen LogP contribution in [-0.4, -0.2) is 18.0 Å². The Morgan fingerprint density at radius 3 is 2.75 bits per heavy atom. The summed E-state index contributed by atoms with van der Waals surface area (Å²) >= 11 is 6.09. The average molecular weight is 292 g/mol. The minimum absolute atomic E-state index is 0.117. The molecule has 106 valence electrons. The number of carbonyl (C=O) groups is 1.